The maximum Gasteiger partial charge on any atom is 0.270 e. The van der Waals surface area contributed by atoms with Crippen LogP contribution in [0.4, 0.5) is 14.5 Å². The van der Waals surface area contributed by atoms with Crippen LogP contribution in [0.2, 0.25) is 5.02 Å². The molecule has 0 atom stereocenters. The topological polar surface area (TPSA) is 95.2 Å². The Morgan fingerprint density at radius 3 is 2.57 bits per heavy atom. The number of hydrogen-bond acceptors (Lipinski definition) is 4. The van der Waals surface area contributed by atoms with Gasteiger partial charge in [0.25, 0.3) is 5.91 Å². The molecule has 186 valence electrons. The Kier molecular flexibility index (Phi) is 6.38. The van der Waals surface area contributed by atoms with Crippen molar-refractivity contribution in [3.05, 3.63) is 46.5 Å². The first-order valence-corrected chi connectivity index (χ1v) is 12.5. The predicted octanol–water partition coefficient (Wildman–Crippen LogP) is 4.81. The molecule has 1 aliphatic heterocycles. The lowest BCUT2D eigenvalue weighted by Crippen LogP contribution is -2.52. The van der Waals surface area contributed by atoms with Crippen LogP contribution in [0.1, 0.15) is 78.8 Å². The van der Waals surface area contributed by atoms with Crippen LogP contribution in [0.15, 0.2) is 18.5 Å². The van der Waals surface area contributed by atoms with Gasteiger partial charge in [-0.25, -0.2) is 13.8 Å². The summed E-state index contributed by atoms with van der Waals surface area (Å²) in [4.78, 5) is 47.2. The Balaban J connectivity index is 1.23. The zero-order chi connectivity index (χ0) is 24.7. The van der Waals surface area contributed by atoms with Crippen LogP contribution in [0.25, 0.3) is 0 Å². The third-order valence-corrected chi connectivity index (χ3v) is 7.90. The Labute approximate surface area is 206 Å². The summed E-state index contributed by atoms with van der Waals surface area (Å²) in [5.41, 5.74) is -0.0627. The molecule has 2 amide bonds. The molecule has 10 heteroatoms. The van der Waals surface area contributed by atoms with Crippen LogP contribution in [0, 0.1) is 23.0 Å². The van der Waals surface area contributed by atoms with Crippen molar-refractivity contribution in [3.63, 3.8) is 0 Å². The zero-order valence-corrected chi connectivity index (χ0v) is 20.0. The molecule has 0 radical (unpaired) electrons. The number of carbonyl (C=O) groups is 3. The number of imidazole rings is 1. The second-order valence-electron chi connectivity index (χ2n) is 10.0. The largest absolute Gasteiger partial charge is 0.348 e. The number of nitrogens with zero attached hydrogens (tertiary/aromatic N) is 2. The van der Waals surface area contributed by atoms with Gasteiger partial charge >= 0.3 is 0 Å². The van der Waals surface area contributed by atoms with Crippen molar-refractivity contribution < 1.29 is 23.2 Å². The van der Waals surface area contributed by atoms with Crippen molar-refractivity contribution in [1.29, 1.82) is 0 Å². The number of anilines is 1. The third-order valence-electron chi connectivity index (χ3n) is 7.60. The number of ketones is 1. The average Bonchev–Trinajstić information content (AvgIpc) is 3.50. The molecule has 3 aliphatic rings. The summed E-state index contributed by atoms with van der Waals surface area (Å²) in [6.07, 6.45) is 7.59. The lowest BCUT2D eigenvalue weighted by molar-refractivity contribution is -0.132. The van der Waals surface area contributed by atoms with Crippen LogP contribution in [0.3, 0.4) is 0 Å². The normalized spacial score (nSPS) is 24.6. The van der Waals surface area contributed by atoms with Gasteiger partial charge in [-0.1, -0.05) is 11.6 Å². The van der Waals surface area contributed by atoms with E-state index in [1.54, 1.807) is 0 Å². The monoisotopic (exact) mass is 504 g/mol. The minimum Gasteiger partial charge on any atom is -0.348 e. The van der Waals surface area contributed by atoms with Crippen LogP contribution in [0.5, 0.6) is 0 Å². The first kappa shape index (κ1) is 23.9. The van der Waals surface area contributed by atoms with Crippen LogP contribution in [-0.4, -0.2) is 40.2 Å². The van der Waals surface area contributed by atoms with Crippen LogP contribution in [-0.2, 0) is 4.79 Å². The van der Waals surface area contributed by atoms with Gasteiger partial charge in [-0.05, 0) is 63.4 Å². The van der Waals surface area contributed by atoms with Gasteiger partial charge in [-0.3, -0.25) is 14.4 Å². The van der Waals surface area contributed by atoms with Gasteiger partial charge < -0.3 is 15.2 Å². The lowest BCUT2D eigenvalue weighted by Gasteiger charge is -2.45. The predicted molar refractivity (Wildman–Crippen MR) is 125 cm³/mol. The number of H-pyrrole nitrogens is 1. The SMILES string of the molecule is O=C(CC1CC1)c1nc[nH]c1C(=O)NC1CCC2(CCCN(c3cc(F)c(F)cc3Cl)C2=O)CC1. The van der Waals surface area contributed by atoms with E-state index in [0.29, 0.717) is 51.0 Å². The Hall–Kier alpha value is -2.81. The van der Waals surface area contributed by atoms with Gasteiger partial charge in [0, 0.05) is 30.5 Å². The molecule has 3 fully saturated rings. The fourth-order valence-electron chi connectivity index (χ4n) is 5.41. The van der Waals surface area contributed by atoms with E-state index >= 15 is 0 Å². The van der Waals surface area contributed by atoms with E-state index in [4.69, 9.17) is 11.6 Å². The molecule has 2 saturated carbocycles. The third kappa shape index (κ3) is 4.70. The summed E-state index contributed by atoms with van der Waals surface area (Å²) < 4.78 is 27.4. The molecule has 0 unspecified atom stereocenters. The molecular weight excluding hydrogens is 478 g/mol. The van der Waals surface area contributed by atoms with E-state index in [1.165, 1.54) is 11.2 Å². The number of piperidine rings is 1. The Morgan fingerprint density at radius 2 is 1.86 bits per heavy atom. The summed E-state index contributed by atoms with van der Waals surface area (Å²) >= 11 is 6.14. The second kappa shape index (κ2) is 9.33. The highest BCUT2D eigenvalue weighted by Crippen LogP contribution is 2.46. The van der Waals surface area contributed by atoms with Crippen LogP contribution < -0.4 is 10.2 Å². The fourth-order valence-corrected chi connectivity index (χ4v) is 5.67. The molecule has 0 bridgehead atoms. The van der Waals surface area contributed by atoms with Crippen molar-refractivity contribution in [3.8, 4) is 0 Å². The molecule has 1 aromatic heterocycles. The number of benzene rings is 1. The zero-order valence-electron chi connectivity index (χ0n) is 19.2. The Morgan fingerprint density at radius 1 is 1.14 bits per heavy atom. The molecule has 1 saturated heterocycles. The first-order chi connectivity index (χ1) is 16.8. The molecule has 7 nitrogen and oxygen atoms in total. The van der Waals surface area contributed by atoms with Crippen molar-refractivity contribution >= 4 is 34.9 Å². The number of Topliss-reactive ketones (excluding diaryl/α,β-unsaturated/α-hetero) is 1. The highest BCUT2D eigenvalue weighted by molar-refractivity contribution is 6.33. The van der Waals surface area contributed by atoms with E-state index in [0.717, 1.165) is 31.4 Å². The number of hydrogen-bond donors (Lipinski definition) is 2. The standard InChI is InChI=1S/C25H27ClF2N4O3/c26-16-11-17(27)18(28)12-19(16)32-9-1-6-25(24(32)35)7-4-15(5-8-25)31-23(34)22-21(29-13-30-22)20(33)10-14-2-3-14/h11-15H,1-10H2,(H,29,30)(H,31,34). The molecule has 2 aliphatic carbocycles. The average molecular weight is 505 g/mol. The van der Waals surface area contributed by atoms with Gasteiger partial charge in [0.2, 0.25) is 5.91 Å². The van der Waals surface area contributed by atoms with Crippen molar-refractivity contribution in [2.75, 3.05) is 11.4 Å². The summed E-state index contributed by atoms with van der Waals surface area (Å²) in [6, 6.07) is 1.73. The van der Waals surface area contributed by atoms with E-state index in [1.807, 2.05) is 0 Å². The minimum absolute atomic E-state index is 0.00171. The molecule has 1 spiro atoms. The van der Waals surface area contributed by atoms with E-state index < -0.39 is 17.0 Å². The maximum absolute atomic E-state index is 13.9. The molecule has 2 aromatic rings. The number of aromatic amines is 1. The fraction of sp³-hybridized carbons (Fsp3) is 0.520. The number of rotatable bonds is 6. The van der Waals surface area contributed by atoms with Crippen molar-refractivity contribution in [2.45, 2.75) is 63.8 Å². The van der Waals surface area contributed by atoms with Crippen molar-refractivity contribution in [1.82, 2.24) is 15.3 Å². The van der Waals surface area contributed by atoms with Gasteiger partial charge in [0.1, 0.15) is 11.4 Å². The second-order valence-corrected chi connectivity index (χ2v) is 10.4. The Bertz CT molecular complexity index is 1170. The van der Waals surface area contributed by atoms with Crippen LogP contribution >= 0.6 is 11.6 Å². The highest BCUT2D eigenvalue weighted by Gasteiger charge is 2.47. The van der Waals surface area contributed by atoms with Gasteiger partial charge in [-0.2, -0.15) is 0 Å². The first-order valence-electron chi connectivity index (χ1n) is 12.1. The summed E-state index contributed by atoms with van der Waals surface area (Å²) in [6.45, 7) is 0.392. The number of halogens is 3. The smallest absolute Gasteiger partial charge is 0.270 e. The van der Waals surface area contributed by atoms with E-state index in [9.17, 15) is 23.2 Å². The molecule has 2 heterocycles. The van der Waals surface area contributed by atoms with Gasteiger partial charge in [0.15, 0.2) is 17.4 Å². The summed E-state index contributed by atoms with van der Waals surface area (Å²) in [5, 5.41) is 2.99. The summed E-state index contributed by atoms with van der Waals surface area (Å²) in [7, 11) is 0. The van der Waals surface area contributed by atoms with E-state index in [-0.39, 0.29) is 45.7 Å². The van der Waals surface area contributed by atoms with Gasteiger partial charge in [0.05, 0.1) is 17.0 Å². The molecular formula is C25H27ClF2N4O3. The molecule has 5 rings (SSSR count). The van der Waals surface area contributed by atoms with Gasteiger partial charge in [-0.15, -0.1) is 0 Å². The molecule has 35 heavy (non-hydrogen) atoms. The maximum atomic E-state index is 13.9. The highest BCUT2D eigenvalue weighted by atomic mass is 35.5. The minimum atomic E-state index is -1.05. The van der Waals surface area contributed by atoms with Crippen molar-refractivity contribution in [2.24, 2.45) is 11.3 Å². The number of amides is 2. The molecule has 2 N–H and O–H groups in total. The number of aromatic nitrogens is 2. The number of nitrogens with one attached hydrogen (secondary N) is 2. The quantitative estimate of drug-likeness (QED) is 0.436. The van der Waals surface area contributed by atoms with E-state index in [2.05, 4.69) is 15.3 Å². The summed E-state index contributed by atoms with van der Waals surface area (Å²) in [5.74, 6) is -2.32. The lowest BCUT2D eigenvalue weighted by atomic mass is 9.67. The molecule has 1 aromatic carbocycles. The number of carbonyl (C=O) groups excluding carboxylic acids is 3.